The Kier molecular flexibility index (Phi) is 5.93. The van der Waals surface area contributed by atoms with Gasteiger partial charge in [-0.25, -0.2) is 5.43 Å². The summed E-state index contributed by atoms with van der Waals surface area (Å²) in [7, 11) is 0. The number of ether oxygens (including phenoxy) is 1. The van der Waals surface area contributed by atoms with Crippen molar-refractivity contribution in [3.05, 3.63) is 84.7 Å². The number of amides is 1. The van der Waals surface area contributed by atoms with E-state index in [4.69, 9.17) is 4.74 Å². The molecule has 0 aliphatic carbocycles. The molecule has 0 bridgehead atoms. The van der Waals surface area contributed by atoms with Gasteiger partial charge in [-0.1, -0.05) is 24.3 Å². The first-order valence-electron chi connectivity index (χ1n) is 8.08. The molecule has 3 rings (SSSR count). The molecule has 2 aromatic carbocycles. The van der Waals surface area contributed by atoms with Gasteiger partial charge in [-0.05, 0) is 42.0 Å². The fourth-order valence-electron chi connectivity index (χ4n) is 2.14. The van der Waals surface area contributed by atoms with Crippen LogP contribution in [0.3, 0.4) is 0 Å². The van der Waals surface area contributed by atoms with E-state index in [1.165, 1.54) is 0 Å². The molecule has 2 N–H and O–H groups in total. The SMILES string of the molecule is O=C(CNc1cccc(Oc2ccccc2)c1)NN=Cc1ccncc1. The number of anilines is 1. The van der Waals surface area contributed by atoms with Gasteiger partial charge in [-0.3, -0.25) is 9.78 Å². The van der Waals surface area contributed by atoms with Crippen LogP contribution in [0, 0.1) is 0 Å². The fraction of sp³-hybridized carbons (Fsp3) is 0.0500. The Labute approximate surface area is 151 Å². The molecule has 6 heteroatoms. The maximum Gasteiger partial charge on any atom is 0.259 e. The summed E-state index contributed by atoms with van der Waals surface area (Å²) in [6.07, 6.45) is 4.89. The lowest BCUT2D eigenvalue weighted by atomic mass is 10.3. The van der Waals surface area contributed by atoms with E-state index in [2.05, 4.69) is 20.8 Å². The molecule has 0 spiro atoms. The van der Waals surface area contributed by atoms with Gasteiger partial charge in [-0.2, -0.15) is 5.10 Å². The highest BCUT2D eigenvalue weighted by molar-refractivity contribution is 5.84. The summed E-state index contributed by atoms with van der Waals surface area (Å²) in [5.74, 6) is 1.20. The van der Waals surface area contributed by atoms with Gasteiger partial charge in [0, 0.05) is 24.1 Å². The number of benzene rings is 2. The Hall–Kier alpha value is -3.67. The van der Waals surface area contributed by atoms with Crippen molar-refractivity contribution >= 4 is 17.8 Å². The second-order valence-electron chi connectivity index (χ2n) is 5.37. The monoisotopic (exact) mass is 346 g/mol. The number of pyridine rings is 1. The molecule has 0 unspecified atom stereocenters. The molecule has 0 fully saturated rings. The minimum atomic E-state index is -0.246. The molecule has 0 radical (unpaired) electrons. The van der Waals surface area contributed by atoms with Gasteiger partial charge in [-0.15, -0.1) is 0 Å². The minimum absolute atomic E-state index is 0.0997. The maximum absolute atomic E-state index is 11.9. The van der Waals surface area contributed by atoms with Gasteiger partial charge in [0.1, 0.15) is 11.5 Å². The first kappa shape index (κ1) is 17.2. The van der Waals surface area contributed by atoms with Gasteiger partial charge in [0.25, 0.3) is 5.91 Å². The van der Waals surface area contributed by atoms with Crippen LogP contribution < -0.4 is 15.5 Å². The van der Waals surface area contributed by atoms with E-state index < -0.39 is 0 Å². The predicted octanol–water partition coefficient (Wildman–Crippen LogP) is 3.44. The quantitative estimate of drug-likeness (QED) is 0.508. The van der Waals surface area contributed by atoms with Crippen molar-refractivity contribution in [2.24, 2.45) is 5.10 Å². The van der Waals surface area contributed by atoms with E-state index in [0.717, 1.165) is 17.0 Å². The molecule has 0 aliphatic rings. The largest absolute Gasteiger partial charge is 0.457 e. The van der Waals surface area contributed by atoms with Crippen molar-refractivity contribution in [2.45, 2.75) is 0 Å². The van der Waals surface area contributed by atoms with Crippen LogP contribution in [0.5, 0.6) is 11.5 Å². The van der Waals surface area contributed by atoms with E-state index >= 15 is 0 Å². The van der Waals surface area contributed by atoms with Crippen LogP contribution in [0.4, 0.5) is 5.69 Å². The van der Waals surface area contributed by atoms with Crippen molar-refractivity contribution in [3.8, 4) is 11.5 Å². The van der Waals surface area contributed by atoms with Crippen LogP contribution >= 0.6 is 0 Å². The zero-order chi connectivity index (χ0) is 18.0. The summed E-state index contributed by atoms with van der Waals surface area (Å²) in [6.45, 7) is 0.0997. The Morgan fingerprint density at radius 3 is 2.58 bits per heavy atom. The number of nitrogens with one attached hydrogen (secondary N) is 2. The summed E-state index contributed by atoms with van der Waals surface area (Å²) in [6, 6.07) is 20.5. The van der Waals surface area contributed by atoms with Crippen LogP contribution in [0.2, 0.25) is 0 Å². The smallest absolute Gasteiger partial charge is 0.259 e. The Morgan fingerprint density at radius 2 is 1.77 bits per heavy atom. The van der Waals surface area contributed by atoms with Crippen molar-refractivity contribution in [1.29, 1.82) is 0 Å². The molecule has 6 nitrogen and oxygen atoms in total. The lowest BCUT2D eigenvalue weighted by molar-refractivity contribution is -0.119. The maximum atomic E-state index is 11.9. The Morgan fingerprint density at radius 1 is 1.00 bits per heavy atom. The third kappa shape index (κ3) is 5.45. The summed E-state index contributed by atoms with van der Waals surface area (Å²) in [5.41, 5.74) is 4.12. The summed E-state index contributed by atoms with van der Waals surface area (Å²) >= 11 is 0. The molecule has 3 aromatic rings. The zero-order valence-electron chi connectivity index (χ0n) is 14.0. The summed E-state index contributed by atoms with van der Waals surface area (Å²) < 4.78 is 5.77. The average molecular weight is 346 g/mol. The molecule has 0 saturated heterocycles. The lowest BCUT2D eigenvalue weighted by Crippen LogP contribution is -2.25. The van der Waals surface area contributed by atoms with Gasteiger partial charge in [0.2, 0.25) is 0 Å². The highest BCUT2D eigenvalue weighted by Gasteiger charge is 2.02. The molecule has 0 aliphatic heterocycles. The average Bonchev–Trinajstić information content (AvgIpc) is 2.68. The number of hydrazone groups is 1. The molecule has 130 valence electrons. The van der Waals surface area contributed by atoms with Gasteiger partial charge in [0.05, 0.1) is 12.8 Å². The number of hydrogen-bond acceptors (Lipinski definition) is 5. The van der Waals surface area contributed by atoms with Crippen LogP contribution in [0.25, 0.3) is 0 Å². The van der Waals surface area contributed by atoms with E-state index in [-0.39, 0.29) is 12.5 Å². The Bertz CT molecular complexity index is 867. The topological polar surface area (TPSA) is 75.6 Å². The van der Waals surface area contributed by atoms with Crippen molar-refractivity contribution in [1.82, 2.24) is 10.4 Å². The molecular formula is C20H18N4O2. The summed E-state index contributed by atoms with van der Waals surface area (Å²) in [5, 5.41) is 6.95. The minimum Gasteiger partial charge on any atom is -0.457 e. The first-order chi connectivity index (χ1) is 12.8. The zero-order valence-corrected chi connectivity index (χ0v) is 14.0. The number of hydrogen-bond donors (Lipinski definition) is 2. The molecule has 26 heavy (non-hydrogen) atoms. The van der Waals surface area contributed by atoms with E-state index in [1.54, 1.807) is 30.7 Å². The third-order valence-electron chi connectivity index (χ3n) is 3.37. The van der Waals surface area contributed by atoms with Crippen molar-refractivity contribution in [2.75, 3.05) is 11.9 Å². The van der Waals surface area contributed by atoms with Gasteiger partial charge >= 0.3 is 0 Å². The number of carbonyl (C=O) groups excluding carboxylic acids is 1. The van der Waals surface area contributed by atoms with Crippen LogP contribution in [-0.2, 0) is 4.79 Å². The number of nitrogens with zero attached hydrogens (tertiary/aromatic N) is 2. The highest BCUT2D eigenvalue weighted by atomic mass is 16.5. The van der Waals surface area contributed by atoms with Crippen LogP contribution in [0.1, 0.15) is 5.56 Å². The molecule has 1 aromatic heterocycles. The van der Waals surface area contributed by atoms with Gasteiger partial charge < -0.3 is 10.1 Å². The fourth-order valence-corrected chi connectivity index (χ4v) is 2.14. The van der Waals surface area contributed by atoms with Gasteiger partial charge in [0.15, 0.2) is 0 Å². The number of rotatable bonds is 7. The third-order valence-corrected chi connectivity index (χ3v) is 3.37. The standard InChI is InChI=1S/C20H18N4O2/c25-20(24-23-14-16-9-11-21-12-10-16)15-22-17-5-4-8-19(13-17)26-18-6-2-1-3-7-18/h1-14,22H,15H2,(H,24,25). The Balaban J connectivity index is 1.49. The second kappa shape index (κ2) is 8.98. The molecular weight excluding hydrogens is 328 g/mol. The summed E-state index contributed by atoms with van der Waals surface area (Å²) in [4.78, 5) is 15.8. The highest BCUT2D eigenvalue weighted by Crippen LogP contribution is 2.23. The first-order valence-corrected chi connectivity index (χ1v) is 8.08. The van der Waals surface area contributed by atoms with E-state index in [0.29, 0.717) is 5.75 Å². The number of para-hydroxylation sites is 1. The predicted molar refractivity (Wildman–Crippen MR) is 101 cm³/mol. The lowest BCUT2D eigenvalue weighted by Gasteiger charge is -2.09. The van der Waals surface area contributed by atoms with Crippen molar-refractivity contribution < 1.29 is 9.53 Å². The van der Waals surface area contributed by atoms with Crippen LogP contribution in [0.15, 0.2) is 84.2 Å². The normalized spacial score (nSPS) is 10.5. The van der Waals surface area contributed by atoms with E-state index in [1.807, 2.05) is 54.6 Å². The molecule has 1 amide bonds. The number of aromatic nitrogens is 1. The van der Waals surface area contributed by atoms with E-state index in [9.17, 15) is 4.79 Å². The molecule has 0 saturated carbocycles. The second-order valence-corrected chi connectivity index (χ2v) is 5.37. The molecule has 0 atom stereocenters. The molecule has 1 heterocycles. The van der Waals surface area contributed by atoms with Crippen molar-refractivity contribution in [3.63, 3.8) is 0 Å². The number of carbonyl (C=O) groups is 1. The van der Waals surface area contributed by atoms with Crippen LogP contribution in [-0.4, -0.2) is 23.7 Å².